The molecule has 0 aliphatic carbocycles. The molecule has 0 N–H and O–H groups in total. The molecule has 8 nitrogen and oxygen atoms in total. The molecular weight excluding hydrogens is 450 g/mol. The van der Waals surface area contributed by atoms with Gasteiger partial charge in [0.1, 0.15) is 13.2 Å². The summed E-state index contributed by atoms with van der Waals surface area (Å²) in [7, 11) is -5.58. The molecule has 1 fully saturated rings. The number of rotatable bonds is 14. The van der Waals surface area contributed by atoms with Crippen molar-refractivity contribution < 1.29 is 32.0 Å². The topological polar surface area (TPSA) is 84.8 Å². The molecule has 0 radical (unpaired) electrons. The van der Waals surface area contributed by atoms with E-state index in [1.807, 2.05) is 0 Å². The van der Waals surface area contributed by atoms with Gasteiger partial charge in [-0.15, -0.1) is 0 Å². The molecule has 0 spiro atoms. The van der Waals surface area contributed by atoms with E-state index < -0.39 is 31.2 Å². The molecule has 11 heteroatoms. The van der Waals surface area contributed by atoms with Gasteiger partial charge in [0.2, 0.25) is 0 Å². The lowest BCUT2D eigenvalue weighted by molar-refractivity contribution is -0.138. The smallest absolute Gasteiger partial charge is 0.384 e. The van der Waals surface area contributed by atoms with Gasteiger partial charge in [0.05, 0.1) is 13.2 Å². The third-order valence-electron chi connectivity index (χ3n) is 3.84. The van der Waals surface area contributed by atoms with Crippen LogP contribution in [-0.4, -0.2) is 76.3 Å². The standard InChI is InChI=1S/C20H41NO7Si3/c1-17(2)19(22)24-13-11-21-20-25-16-18(26-20)15-23-12-10-14-31(9,27-29(3,4)5)28-30(6,7)8/h18H,1,10-16H2,2-9H3/b21-20+. The molecule has 180 valence electrons. The summed E-state index contributed by atoms with van der Waals surface area (Å²) in [4.78, 5) is 15.4. The number of aliphatic imine (C=N–C) groups is 1. The molecule has 1 saturated heterocycles. The Labute approximate surface area is 190 Å². The zero-order chi connectivity index (χ0) is 23.7. The number of carbonyl (C=O) groups excluding carboxylic acids is 1. The van der Waals surface area contributed by atoms with Crippen molar-refractivity contribution in [3.8, 4) is 0 Å². The van der Waals surface area contributed by atoms with E-state index in [2.05, 4.69) is 57.4 Å². The number of ether oxygens (including phenoxy) is 4. The SMILES string of the molecule is C=C(C)C(=O)OCC/N=C1\OCC(COCCC[Si](C)(O[Si](C)(C)C)O[Si](C)(C)C)O1. The summed E-state index contributed by atoms with van der Waals surface area (Å²) in [6, 6.07) is 0.916. The van der Waals surface area contributed by atoms with Crippen molar-refractivity contribution in [2.45, 2.75) is 71.3 Å². The van der Waals surface area contributed by atoms with E-state index in [1.165, 1.54) is 0 Å². The fourth-order valence-corrected chi connectivity index (χ4v) is 15.6. The van der Waals surface area contributed by atoms with Crippen LogP contribution in [-0.2, 0) is 32.0 Å². The molecule has 1 aliphatic heterocycles. The molecule has 1 heterocycles. The van der Waals surface area contributed by atoms with Gasteiger partial charge in [0, 0.05) is 12.2 Å². The number of hydrogen-bond donors (Lipinski definition) is 0. The quantitative estimate of drug-likeness (QED) is 0.157. The molecule has 1 unspecified atom stereocenters. The van der Waals surface area contributed by atoms with Gasteiger partial charge < -0.3 is 27.2 Å². The van der Waals surface area contributed by atoms with Crippen LogP contribution in [0.25, 0.3) is 0 Å². The van der Waals surface area contributed by atoms with Gasteiger partial charge in [0.25, 0.3) is 0 Å². The molecule has 0 saturated carbocycles. The summed E-state index contributed by atoms with van der Waals surface area (Å²) in [6.45, 7) is 22.5. The highest BCUT2D eigenvalue weighted by Crippen LogP contribution is 2.25. The minimum atomic E-state index is -2.22. The minimum absolute atomic E-state index is 0.157. The van der Waals surface area contributed by atoms with Crippen molar-refractivity contribution in [1.82, 2.24) is 0 Å². The van der Waals surface area contributed by atoms with Gasteiger partial charge in [-0.3, -0.25) is 0 Å². The maximum absolute atomic E-state index is 11.3. The lowest BCUT2D eigenvalue weighted by Gasteiger charge is -2.38. The number of nitrogens with zero attached hydrogens (tertiary/aromatic N) is 1. The van der Waals surface area contributed by atoms with Crippen molar-refractivity contribution >= 4 is 37.2 Å². The Hall–Kier alpha value is -0.989. The third-order valence-corrected chi connectivity index (χ3v) is 13.5. The molecule has 1 aliphatic rings. The summed E-state index contributed by atoms with van der Waals surface area (Å²) in [5.74, 6) is -0.426. The summed E-state index contributed by atoms with van der Waals surface area (Å²) < 4.78 is 34.8. The van der Waals surface area contributed by atoms with Crippen LogP contribution in [0.1, 0.15) is 13.3 Å². The molecule has 0 amide bonds. The Morgan fingerprint density at radius 3 is 2.26 bits per heavy atom. The van der Waals surface area contributed by atoms with Crippen molar-refractivity contribution in [3.05, 3.63) is 12.2 Å². The monoisotopic (exact) mass is 491 g/mol. The predicted molar refractivity (Wildman–Crippen MR) is 130 cm³/mol. The predicted octanol–water partition coefficient (Wildman–Crippen LogP) is 4.06. The van der Waals surface area contributed by atoms with Crippen LogP contribution in [0.2, 0.25) is 51.9 Å². The lowest BCUT2D eigenvalue weighted by Crippen LogP contribution is -2.52. The molecule has 1 rings (SSSR count). The second-order valence-corrected chi connectivity index (χ2v) is 22.7. The van der Waals surface area contributed by atoms with Crippen molar-refractivity contribution in [2.75, 3.05) is 33.0 Å². The van der Waals surface area contributed by atoms with E-state index in [-0.39, 0.29) is 25.3 Å². The summed E-state index contributed by atoms with van der Waals surface area (Å²) in [5, 5.41) is 0. The first kappa shape index (κ1) is 28.0. The largest absolute Gasteiger partial charge is 0.460 e. The van der Waals surface area contributed by atoms with Crippen LogP contribution in [0.5, 0.6) is 0 Å². The van der Waals surface area contributed by atoms with Crippen molar-refractivity contribution in [2.24, 2.45) is 4.99 Å². The minimum Gasteiger partial charge on any atom is -0.460 e. The molecule has 0 aromatic carbocycles. The first-order chi connectivity index (χ1) is 14.2. The zero-order valence-corrected chi connectivity index (χ0v) is 23.5. The van der Waals surface area contributed by atoms with E-state index in [0.29, 0.717) is 25.4 Å². The maximum Gasteiger partial charge on any atom is 0.384 e. The average molecular weight is 492 g/mol. The second kappa shape index (κ2) is 12.3. The van der Waals surface area contributed by atoms with Crippen LogP contribution in [0.4, 0.5) is 0 Å². The highest BCUT2D eigenvalue weighted by molar-refractivity contribution is 6.87. The molecule has 0 aromatic rings. The Morgan fingerprint density at radius 1 is 1.10 bits per heavy atom. The Kier molecular flexibility index (Phi) is 11.1. The van der Waals surface area contributed by atoms with E-state index in [0.717, 1.165) is 12.5 Å². The third kappa shape index (κ3) is 13.2. The first-order valence-electron chi connectivity index (χ1n) is 10.8. The van der Waals surface area contributed by atoms with Crippen LogP contribution in [0.15, 0.2) is 17.1 Å². The number of carbonyl (C=O) groups is 1. The molecule has 0 bridgehead atoms. The van der Waals surface area contributed by atoms with E-state index >= 15 is 0 Å². The lowest BCUT2D eigenvalue weighted by atomic mass is 10.4. The van der Waals surface area contributed by atoms with Gasteiger partial charge in [0.15, 0.2) is 22.7 Å². The van der Waals surface area contributed by atoms with Crippen molar-refractivity contribution in [3.63, 3.8) is 0 Å². The van der Waals surface area contributed by atoms with Crippen LogP contribution in [0.3, 0.4) is 0 Å². The number of esters is 1. The Balaban J connectivity index is 2.30. The first-order valence-corrected chi connectivity index (χ1v) is 20.2. The zero-order valence-electron chi connectivity index (χ0n) is 20.5. The van der Waals surface area contributed by atoms with Gasteiger partial charge in [-0.1, -0.05) is 6.58 Å². The van der Waals surface area contributed by atoms with Gasteiger partial charge >= 0.3 is 20.6 Å². The van der Waals surface area contributed by atoms with Crippen molar-refractivity contribution in [1.29, 1.82) is 0 Å². The van der Waals surface area contributed by atoms with E-state index in [4.69, 9.17) is 27.2 Å². The van der Waals surface area contributed by atoms with Gasteiger partial charge in [-0.25, -0.2) is 9.79 Å². The van der Waals surface area contributed by atoms with Crippen LogP contribution >= 0.6 is 0 Å². The van der Waals surface area contributed by atoms with Gasteiger partial charge in [-0.05, 0) is 65.2 Å². The summed E-state index contributed by atoms with van der Waals surface area (Å²) in [6.07, 6.45) is 0.921. The Morgan fingerprint density at radius 2 is 1.71 bits per heavy atom. The molecule has 0 aromatic heterocycles. The second-order valence-electron chi connectivity index (χ2n) is 9.86. The highest BCUT2D eigenvalue weighted by Gasteiger charge is 2.39. The van der Waals surface area contributed by atoms with E-state index in [1.54, 1.807) is 6.92 Å². The molecular formula is C20H41NO7Si3. The Bertz CT molecular complexity index is 613. The fraction of sp³-hybridized carbons (Fsp3) is 0.800. The van der Waals surface area contributed by atoms with Crippen LogP contribution < -0.4 is 0 Å². The highest BCUT2D eigenvalue weighted by atomic mass is 28.5. The fourth-order valence-electron chi connectivity index (χ4n) is 3.07. The summed E-state index contributed by atoms with van der Waals surface area (Å²) >= 11 is 0. The normalized spacial score (nSPS) is 18.6. The number of hydrogen-bond acceptors (Lipinski definition) is 8. The van der Waals surface area contributed by atoms with Gasteiger partial charge in [-0.2, -0.15) is 0 Å². The maximum atomic E-state index is 11.3. The molecule has 1 atom stereocenters. The van der Waals surface area contributed by atoms with E-state index in [9.17, 15) is 4.79 Å². The van der Waals surface area contributed by atoms with Crippen LogP contribution in [0, 0.1) is 0 Å². The molecule has 31 heavy (non-hydrogen) atoms. The average Bonchev–Trinajstić information content (AvgIpc) is 3.02. The summed E-state index contributed by atoms with van der Waals surface area (Å²) in [5.41, 5.74) is 0.361.